The molecule has 2 aromatic rings. The van der Waals surface area contributed by atoms with Gasteiger partial charge in [0.2, 0.25) is 0 Å². The lowest BCUT2D eigenvalue weighted by atomic mass is 9.78. The van der Waals surface area contributed by atoms with Crippen LogP contribution in [0.1, 0.15) is 106 Å². The van der Waals surface area contributed by atoms with Gasteiger partial charge in [-0.2, -0.15) is 0 Å². The van der Waals surface area contributed by atoms with Crippen LogP contribution in [0, 0.1) is 0 Å². The molecule has 0 aliphatic carbocycles. The number of amides is 2. The SMILES string of the molecule is COCCCN(CCCc1ccc(B2OC(C)(C)C(C)(C)O2)cc1)C(=O)OC(C)(C)C.COCCCN(CCCc1ccc(Br)cc1)C(=O)OC(C)(C)C. The van der Waals surface area contributed by atoms with Gasteiger partial charge in [0.05, 0.1) is 11.2 Å². The molecule has 54 heavy (non-hydrogen) atoms. The maximum atomic E-state index is 12.5. The number of nitrogens with zero attached hydrogens (tertiary/aromatic N) is 2. The zero-order valence-electron chi connectivity index (χ0n) is 35.2. The Balaban J connectivity index is 0.000000391. The zero-order chi connectivity index (χ0) is 40.6. The van der Waals surface area contributed by atoms with E-state index in [0.717, 1.165) is 48.5 Å². The van der Waals surface area contributed by atoms with Gasteiger partial charge < -0.3 is 38.1 Å². The fraction of sp³-hybridized carbons (Fsp3) is 0.667. The van der Waals surface area contributed by atoms with Gasteiger partial charge in [0.15, 0.2) is 0 Å². The molecule has 2 aromatic carbocycles. The lowest BCUT2D eigenvalue weighted by Crippen LogP contribution is -2.41. The lowest BCUT2D eigenvalue weighted by Gasteiger charge is -2.32. The number of hydrogen-bond acceptors (Lipinski definition) is 8. The van der Waals surface area contributed by atoms with Crippen molar-refractivity contribution >= 4 is 40.7 Å². The molecule has 0 unspecified atom stereocenters. The number of ether oxygens (including phenoxy) is 4. The number of halogens is 1. The molecule has 0 saturated carbocycles. The summed E-state index contributed by atoms with van der Waals surface area (Å²) in [5, 5.41) is 0. The van der Waals surface area contributed by atoms with Crippen LogP contribution in [0.3, 0.4) is 0 Å². The van der Waals surface area contributed by atoms with E-state index in [4.69, 9.17) is 28.3 Å². The van der Waals surface area contributed by atoms with E-state index in [-0.39, 0.29) is 30.5 Å². The Morgan fingerprint density at radius 1 is 0.630 bits per heavy atom. The first-order valence-corrected chi connectivity index (χ1v) is 20.1. The summed E-state index contributed by atoms with van der Waals surface area (Å²) in [6.07, 6.45) is 4.69. The van der Waals surface area contributed by atoms with E-state index < -0.39 is 11.2 Å². The van der Waals surface area contributed by atoms with Gasteiger partial charge in [0.1, 0.15) is 11.2 Å². The van der Waals surface area contributed by atoms with Crippen LogP contribution in [0.2, 0.25) is 0 Å². The number of methoxy groups -OCH3 is 2. The van der Waals surface area contributed by atoms with Crippen LogP contribution in [-0.4, -0.2) is 105 Å². The molecule has 2 amide bonds. The summed E-state index contributed by atoms with van der Waals surface area (Å²) in [7, 11) is 3.00. The van der Waals surface area contributed by atoms with Crippen LogP contribution in [0.15, 0.2) is 53.0 Å². The quantitative estimate of drug-likeness (QED) is 0.116. The summed E-state index contributed by atoms with van der Waals surface area (Å²) < 4.78 is 34.6. The molecule has 0 N–H and O–H groups in total. The molecular weight excluding hydrogens is 751 g/mol. The highest BCUT2D eigenvalue weighted by Gasteiger charge is 2.51. The second kappa shape index (κ2) is 22.2. The largest absolute Gasteiger partial charge is 0.494 e. The minimum atomic E-state index is -0.500. The van der Waals surface area contributed by atoms with Crippen LogP contribution in [0.5, 0.6) is 0 Å². The average molecular weight is 820 g/mol. The van der Waals surface area contributed by atoms with E-state index in [1.54, 1.807) is 24.0 Å². The van der Waals surface area contributed by atoms with Gasteiger partial charge in [0, 0.05) is 58.1 Å². The molecule has 3 rings (SSSR count). The lowest BCUT2D eigenvalue weighted by molar-refractivity contribution is 0.00578. The van der Waals surface area contributed by atoms with Crippen molar-refractivity contribution in [3.8, 4) is 0 Å². The van der Waals surface area contributed by atoms with Crippen molar-refractivity contribution in [2.24, 2.45) is 0 Å². The molecule has 0 radical (unpaired) electrons. The Hall–Kier alpha value is -2.64. The first-order chi connectivity index (χ1) is 25.2. The van der Waals surface area contributed by atoms with Gasteiger partial charge in [-0.1, -0.05) is 52.3 Å². The van der Waals surface area contributed by atoms with Gasteiger partial charge in [-0.05, 0) is 136 Å². The van der Waals surface area contributed by atoms with Gasteiger partial charge in [-0.25, -0.2) is 9.59 Å². The van der Waals surface area contributed by atoms with Crippen LogP contribution in [-0.2, 0) is 41.1 Å². The number of rotatable bonds is 17. The fourth-order valence-electron chi connectivity index (χ4n) is 5.46. The second-order valence-corrected chi connectivity index (χ2v) is 17.7. The highest BCUT2D eigenvalue weighted by atomic mass is 79.9. The Morgan fingerprint density at radius 3 is 1.33 bits per heavy atom. The van der Waals surface area contributed by atoms with E-state index in [1.165, 1.54) is 11.1 Å². The molecule has 0 spiro atoms. The third kappa shape index (κ3) is 17.9. The summed E-state index contributed by atoms with van der Waals surface area (Å²) in [5.41, 5.74) is 1.87. The van der Waals surface area contributed by atoms with Crippen molar-refractivity contribution in [2.75, 3.05) is 53.6 Å². The number of hydrogen-bond donors (Lipinski definition) is 0. The van der Waals surface area contributed by atoms with Crippen LogP contribution in [0.25, 0.3) is 0 Å². The molecule has 1 aliphatic rings. The Bertz CT molecular complexity index is 1380. The summed E-state index contributed by atoms with van der Waals surface area (Å²) in [6.45, 7) is 23.5. The molecule has 0 atom stereocenters. The summed E-state index contributed by atoms with van der Waals surface area (Å²) in [5.74, 6) is 0. The van der Waals surface area contributed by atoms with E-state index in [2.05, 4.69) is 80.0 Å². The number of benzene rings is 2. The molecule has 1 aliphatic heterocycles. The van der Waals surface area contributed by atoms with Gasteiger partial charge in [-0.15, -0.1) is 0 Å². The molecule has 10 nitrogen and oxygen atoms in total. The summed E-state index contributed by atoms with van der Waals surface area (Å²) >= 11 is 3.44. The minimum Gasteiger partial charge on any atom is -0.444 e. The first-order valence-electron chi connectivity index (χ1n) is 19.3. The Kier molecular flexibility index (Phi) is 19.5. The maximum absolute atomic E-state index is 12.5. The third-order valence-electron chi connectivity index (χ3n) is 9.06. The van der Waals surface area contributed by atoms with Crippen molar-refractivity contribution in [3.63, 3.8) is 0 Å². The van der Waals surface area contributed by atoms with Gasteiger partial charge in [-0.3, -0.25) is 0 Å². The summed E-state index contributed by atoms with van der Waals surface area (Å²) in [6, 6.07) is 16.7. The first kappa shape index (κ1) is 47.5. The standard InChI is InChI=1S/C24H40BNO5.C18H28BrNO3/c1-22(2,3)29-21(27)26(17-10-18-28-8)16-9-11-19-12-14-20(15-13-19)25-30-23(4,5)24(6,7)31-25;1-18(2,3)23-17(21)20(13-6-14-22-4)12-5-7-15-8-10-16(19)11-9-15/h12-15H,9-11,16-18H2,1-8H3;8-11H,5-7,12-14H2,1-4H3. The topological polar surface area (TPSA) is 96.0 Å². The average Bonchev–Trinajstić information content (AvgIpc) is 3.29. The molecule has 1 fully saturated rings. The van der Waals surface area contributed by atoms with E-state index in [0.29, 0.717) is 39.4 Å². The predicted molar refractivity (Wildman–Crippen MR) is 222 cm³/mol. The van der Waals surface area contributed by atoms with Crippen LogP contribution >= 0.6 is 15.9 Å². The summed E-state index contributed by atoms with van der Waals surface area (Å²) in [4.78, 5) is 28.4. The molecule has 1 heterocycles. The highest BCUT2D eigenvalue weighted by Crippen LogP contribution is 2.36. The minimum absolute atomic E-state index is 0.246. The normalized spacial score (nSPS) is 14.9. The number of carbonyl (C=O) groups is 2. The molecule has 0 aromatic heterocycles. The van der Waals surface area contributed by atoms with E-state index in [9.17, 15) is 9.59 Å². The fourth-order valence-corrected chi connectivity index (χ4v) is 5.73. The van der Waals surface area contributed by atoms with Crippen LogP contribution < -0.4 is 5.46 Å². The van der Waals surface area contributed by atoms with Crippen molar-refractivity contribution in [1.29, 1.82) is 0 Å². The predicted octanol–water partition coefficient (Wildman–Crippen LogP) is 8.85. The van der Waals surface area contributed by atoms with Crippen molar-refractivity contribution in [3.05, 3.63) is 64.1 Å². The molecule has 1 saturated heterocycles. The Labute approximate surface area is 335 Å². The molecule has 304 valence electrons. The zero-order valence-corrected chi connectivity index (χ0v) is 36.8. The molecule has 12 heteroatoms. The maximum Gasteiger partial charge on any atom is 0.494 e. The number of carbonyl (C=O) groups excluding carboxylic acids is 2. The highest BCUT2D eigenvalue weighted by molar-refractivity contribution is 9.10. The second-order valence-electron chi connectivity index (χ2n) is 16.8. The Morgan fingerprint density at radius 2 is 0.981 bits per heavy atom. The van der Waals surface area contributed by atoms with Crippen molar-refractivity contribution in [1.82, 2.24) is 9.80 Å². The van der Waals surface area contributed by atoms with Crippen LogP contribution in [0.4, 0.5) is 9.59 Å². The third-order valence-corrected chi connectivity index (χ3v) is 9.59. The van der Waals surface area contributed by atoms with E-state index in [1.807, 2.05) is 53.7 Å². The van der Waals surface area contributed by atoms with Gasteiger partial charge in [0.25, 0.3) is 0 Å². The monoisotopic (exact) mass is 818 g/mol. The van der Waals surface area contributed by atoms with Gasteiger partial charge >= 0.3 is 19.3 Å². The van der Waals surface area contributed by atoms with Crippen molar-refractivity contribution < 1.29 is 37.8 Å². The number of aryl methyl sites for hydroxylation is 2. The van der Waals surface area contributed by atoms with Crippen molar-refractivity contribution in [2.45, 2.75) is 130 Å². The molecule has 0 bridgehead atoms. The molecular formula is C42H68BBrN2O8. The smallest absolute Gasteiger partial charge is 0.444 e. The van der Waals surface area contributed by atoms with E-state index >= 15 is 0 Å².